The van der Waals surface area contributed by atoms with Gasteiger partial charge in [0.2, 0.25) is 0 Å². The van der Waals surface area contributed by atoms with E-state index >= 15 is 0 Å². The molecule has 0 N–H and O–H groups in total. The number of rotatable bonds is 4. The van der Waals surface area contributed by atoms with Crippen LogP contribution in [-0.2, 0) is 0 Å². The lowest BCUT2D eigenvalue weighted by Gasteiger charge is -2.27. The number of hydrogen-bond acceptors (Lipinski definition) is 0. The van der Waals surface area contributed by atoms with Gasteiger partial charge in [-0.05, 0) is 50.4 Å². The Bertz CT molecular complexity index is 130. The van der Waals surface area contributed by atoms with Crippen molar-refractivity contribution >= 4 is 0 Å². The van der Waals surface area contributed by atoms with E-state index in [1.165, 1.54) is 25.7 Å². The van der Waals surface area contributed by atoms with E-state index in [1.807, 2.05) is 6.08 Å². The minimum atomic E-state index is 0.793. The summed E-state index contributed by atoms with van der Waals surface area (Å²) in [6.45, 7) is 7.58. The van der Waals surface area contributed by atoms with Gasteiger partial charge in [0, 0.05) is 0 Å². The van der Waals surface area contributed by atoms with Gasteiger partial charge >= 0.3 is 0 Å². The zero-order valence-corrected chi connectivity index (χ0v) is 7.84. The summed E-state index contributed by atoms with van der Waals surface area (Å²) in [7, 11) is 0. The van der Waals surface area contributed by atoms with Gasteiger partial charge in [0.1, 0.15) is 0 Å². The lowest BCUT2D eigenvalue weighted by molar-refractivity contribution is 0.329. The molecule has 1 rings (SSSR count). The molecule has 0 heterocycles. The van der Waals surface area contributed by atoms with Crippen molar-refractivity contribution in [3.63, 3.8) is 0 Å². The fraction of sp³-hybridized carbons (Fsp3) is 0.583. The van der Waals surface area contributed by atoms with Crippen LogP contribution in [0.15, 0.2) is 25.3 Å². The lowest BCUT2D eigenvalue weighted by Crippen LogP contribution is -2.15. The third kappa shape index (κ3) is 2.84. The van der Waals surface area contributed by atoms with Crippen LogP contribution in [0.2, 0.25) is 0 Å². The highest BCUT2D eigenvalue weighted by molar-refractivity contribution is 4.90. The first-order chi connectivity index (χ1) is 5.86. The molecular formula is C12H19. The molecule has 1 aliphatic rings. The second-order valence-corrected chi connectivity index (χ2v) is 3.72. The first kappa shape index (κ1) is 9.57. The van der Waals surface area contributed by atoms with E-state index in [0.717, 1.165) is 18.3 Å². The molecule has 1 fully saturated rings. The van der Waals surface area contributed by atoms with Gasteiger partial charge in [-0.15, -0.1) is 13.2 Å². The third-order valence-electron chi connectivity index (χ3n) is 2.68. The summed E-state index contributed by atoms with van der Waals surface area (Å²) in [4.78, 5) is 0. The molecule has 0 aromatic rings. The highest BCUT2D eigenvalue weighted by Gasteiger charge is 2.19. The van der Waals surface area contributed by atoms with E-state index in [2.05, 4.69) is 25.7 Å². The smallest absolute Gasteiger partial charge is 0.0322 e. The van der Waals surface area contributed by atoms with E-state index < -0.39 is 0 Å². The molecule has 1 saturated carbocycles. The predicted molar refractivity (Wildman–Crippen MR) is 54.8 cm³/mol. The van der Waals surface area contributed by atoms with E-state index in [-0.39, 0.29) is 0 Å². The molecule has 0 amide bonds. The summed E-state index contributed by atoms with van der Waals surface area (Å²) >= 11 is 0. The molecule has 0 saturated heterocycles. The van der Waals surface area contributed by atoms with Crippen molar-refractivity contribution in [3.8, 4) is 0 Å². The quantitative estimate of drug-likeness (QED) is 0.553. The Morgan fingerprint density at radius 3 is 2.67 bits per heavy atom. The Morgan fingerprint density at radius 2 is 2.00 bits per heavy atom. The highest BCUT2D eigenvalue weighted by atomic mass is 14.2. The fourth-order valence-corrected chi connectivity index (χ4v) is 2.07. The molecule has 0 bridgehead atoms. The van der Waals surface area contributed by atoms with Crippen molar-refractivity contribution in [1.82, 2.24) is 0 Å². The average Bonchev–Trinajstić information content (AvgIpc) is 2.06. The molecule has 0 spiro atoms. The highest BCUT2D eigenvalue weighted by Crippen LogP contribution is 2.32. The normalized spacial score (nSPS) is 29.7. The monoisotopic (exact) mass is 163 g/mol. The van der Waals surface area contributed by atoms with Gasteiger partial charge in [-0.25, -0.2) is 0 Å². The summed E-state index contributed by atoms with van der Waals surface area (Å²) in [5.74, 6) is 1.68. The second-order valence-electron chi connectivity index (χ2n) is 3.72. The average molecular weight is 163 g/mol. The van der Waals surface area contributed by atoms with Crippen LogP contribution in [-0.4, -0.2) is 0 Å². The molecule has 67 valence electrons. The van der Waals surface area contributed by atoms with Crippen molar-refractivity contribution in [2.24, 2.45) is 11.8 Å². The van der Waals surface area contributed by atoms with E-state index in [9.17, 15) is 0 Å². The molecule has 0 heteroatoms. The lowest BCUT2D eigenvalue weighted by atomic mass is 9.78. The standard InChI is InChI=1S/C12H19/c1-3-6-11-8-5-9-12(10-11)7-4-2/h3-4,8,11-12H,1-2,5-7,9-10H2. The van der Waals surface area contributed by atoms with Gasteiger partial charge in [0.15, 0.2) is 0 Å². The second kappa shape index (κ2) is 5.18. The van der Waals surface area contributed by atoms with Gasteiger partial charge in [-0.1, -0.05) is 12.2 Å². The molecule has 2 atom stereocenters. The molecule has 0 aromatic heterocycles. The molecule has 1 radical (unpaired) electrons. The topological polar surface area (TPSA) is 0 Å². The van der Waals surface area contributed by atoms with Gasteiger partial charge in [0.05, 0.1) is 0 Å². The van der Waals surface area contributed by atoms with Crippen molar-refractivity contribution in [2.45, 2.75) is 32.1 Å². The zero-order valence-electron chi connectivity index (χ0n) is 7.84. The van der Waals surface area contributed by atoms with Gasteiger partial charge in [-0.2, -0.15) is 0 Å². The molecule has 1 aliphatic carbocycles. The van der Waals surface area contributed by atoms with E-state index in [1.54, 1.807) is 0 Å². The Morgan fingerprint density at radius 1 is 1.25 bits per heavy atom. The van der Waals surface area contributed by atoms with Crippen molar-refractivity contribution in [2.75, 3.05) is 0 Å². The van der Waals surface area contributed by atoms with Gasteiger partial charge in [0.25, 0.3) is 0 Å². The van der Waals surface area contributed by atoms with Crippen LogP contribution in [0.5, 0.6) is 0 Å². The molecular weight excluding hydrogens is 144 g/mol. The predicted octanol–water partition coefficient (Wildman–Crippen LogP) is 3.76. The van der Waals surface area contributed by atoms with Crippen molar-refractivity contribution in [1.29, 1.82) is 0 Å². The number of hydrogen-bond donors (Lipinski definition) is 0. The maximum Gasteiger partial charge on any atom is -0.0322 e. The Hall–Kier alpha value is -0.520. The van der Waals surface area contributed by atoms with Crippen molar-refractivity contribution in [3.05, 3.63) is 31.7 Å². The minimum Gasteiger partial charge on any atom is -0.103 e. The Kier molecular flexibility index (Phi) is 4.13. The maximum atomic E-state index is 3.80. The molecule has 12 heavy (non-hydrogen) atoms. The molecule has 0 nitrogen and oxygen atoms in total. The van der Waals surface area contributed by atoms with Crippen LogP contribution in [0.3, 0.4) is 0 Å². The Labute approximate surface area is 76.4 Å². The first-order valence-corrected chi connectivity index (χ1v) is 4.92. The first-order valence-electron chi connectivity index (χ1n) is 4.92. The van der Waals surface area contributed by atoms with Crippen LogP contribution in [0.25, 0.3) is 0 Å². The fourth-order valence-electron chi connectivity index (χ4n) is 2.07. The minimum absolute atomic E-state index is 0.793. The van der Waals surface area contributed by atoms with Gasteiger partial charge in [-0.3, -0.25) is 0 Å². The number of allylic oxidation sites excluding steroid dienone is 2. The zero-order chi connectivity index (χ0) is 8.81. The van der Waals surface area contributed by atoms with E-state index in [4.69, 9.17) is 0 Å². The van der Waals surface area contributed by atoms with Gasteiger partial charge < -0.3 is 0 Å². The van der Waals surface area contributed by atoms with Crippen LogP contribution in [0.1, 0.15) is 32.1 Å². The molecule has 0 aliphatic heterocycles. The van der Waals surface area contributed by atoms with Crippen LogP contribution in [0, 0.1) is 18.3 Å². The van der Waals surface area contributed by atoms with Crippen LogP contribution < -0.4 is 0 Å². The van der Waals surface area contributed by atoms with Crippen molar-refractivity contribution < 1.29 is 0 Å². The van der Waals surface area contributed by atoms with E-state index in [0.29, 0.717) is 0 Å². The largest absolute Gasteiger partial charge is 0.103 e. The maximum absolute atomic E-state index is 3.80. The summed E-state index contributed by atoms with van der Waals surface area (Å²) in [6.07, 6.45) is 12.9. The Balaban J connectivity index is 2.29. The SMILES string of the molecule is C=CCC1[CH]CCC(CC=C)C1. The molecule has 2 unspecified atom stereocenters. The van der Waals surface area contributed by atoms with Crippen LogP contribution >= 0.6 is 0 Å². The van der Waals surface area contributed by atoms with Crippen LogP contribution in [0.4, 0.5) is 0 Å². The summed E-state index contributed by atoms with van der Waals surface area (Å²) < 4.78 is 0. The summed E-state index contributed by atoms with van der Waals surface area (Å²) in [6, 6.07) is 0. The third-order valence-corrected chi connectivity index (χ3v) is 2.68. The summed E-state index contributed by atoms with van der Waals surface area (Å²) in [5.41, 5.74) is 0. The molecule has 0 aromatic carbocycles. The summed E-state index contributed by atoms with van der Waals surface area (Å²) in [5, 5.41) is 0.